The number of carbonyl (C=O) groups excluding carboxylic acids is 1. The minimum atomic E-state index is -1.09. The van der Waals surface area contributed by atoms with Crippen LogP contribution in [0.4, 0.5) is 5.69 Å². The van der Waals surface area contributed by atoms with Crippen molar-refractivity contribution in [2.24, 2.45) is 15.7 Å². The van der Waals surface area contributed by atoms with Gasteiger partial charge in [-0.3, -0.25) is 4.79 Å². The van der Waals surface area contributed by atoms with Gasteiger partial charge >= 0.3 is 0 Å². The van der Waals surface area contributed by atoms with E-state index in [1.54, 1.807) is 6.92 Å². The number of nitrogens with zero attached hydrogens (tertiary/aromatic N) is 3. The van der Waals surface area contributed by atoms with Gasteiger partial charge in [0.1, 0.15) is 7.11 Å². The number of hydrogen-bond acceptors (Lipinski definition) is 4. The lowest BCUT2D eigenvalue weighted by Gasteiger charge is -2.28. The van der Waals surface area contributed by atoms with Crippen molar-refractivity contribution in [2.45, 2.75) is 32.0 Å². The van der Waals surface area contributed by atoms with Gasteiger partial charge in [-0.1, -0.05) is 60.1 Å². The van der Waals surface area contributed by atoms with Crippen molar-refractivity contribution in [1.29, 1.82) is 0 Å². The first-order valence-corrected chi connectivity index (χ1v) is 7.78. The molecule has 1 unspecified atom stereocenters. The third-order valence-corrected chi connectivity index (χ3v) is 4.74. The summed E-state index contributed by atoms with van der Waals surface area (Å²) in [6, 6.07) is 9.35. The Labute approximate surface area is 139 Å². The summed E-state index contributed by atoms with van der Waals surface area (Å²) >= 11 is 3.58. The molecule has 2 rings (SSSR count). The molecule has 1 aromatic rings. The Hall–Kier alpha value is -1.69. The van der Waals surface area contributed by atoms with Crippen LogP contribution in [0.5, 0.6) is 0 Å². The molecule has 0 radical (unpaired) electrons. The van der Waals surface area contributed by atoms with E-state index in [4.69, 9.17) is 4.84 Å². The Morgan fingerprint density at radius 3 is 2.41 bits per heavy atom. The van der Waals surface area contributed by atoms with Gasteiger partial charge in [0.25, 0.3) is 5.91 Å². The Balaban J connectivity index is 2.59. The Morgan fingerprint density at radius 1 is 1.32 bits per heavy atom. The number of carbonyl (C=O) groups is 1. The summed E-state index contributed by atoms with van der Waals surface area (Å²) in [4.78, 5) is 17.9. The summed E-state index contributed by atoms with van der Waals surface area (Å²) in [5.41, 5.74) is 1.63. The molecule has 0 N–H and O–H groups in total. The van der Waals surface area contributed by atoms with Gasteiger partial charge in [-0.25, -0.2) is 0 Å². The third-order valence-electron chi connectivity index (χ3n) is 3.45. The summed E-state index contributed by atoms with van der Waals surface area (Å²) in [6.45, 7) is 7.81. The molecule has 22 heavy (non-hydrogen) atoms. The molecule has 1 heterocycles. The molecule has 0 saturated heterocycles. The third kappa shape index (κ3) is 2.67. The van der Waals surface area contributed by atoms with Gasteiger partial charge in [-0.2, -0.15) is 10.1 Å². The molecule has 0 aromatic heterocycles. The summed E-state index contributed by atoms with van der Waals surface area (Å²) in [6.07, 6.45) is 0. The lowest BCUT2D eigenvalue weighted by molar-refractivity contribution is -0.117. The van der Waals surface area contributed by atoms with E-state index >= 15 is 0 Å². The number of benzene rings is 1. The van der Waals surface area contributed by atoms with Crippen molar-refractivity contribution in [2.75, 3.05) is 12.1 Å². The van der Waals surface area contributed by atoms with E-state index in [2.05, 4.69) is 26.2 Å². The van der Waals surface area contributed by atoms with Gasteiger partial charge < -0.3 is 4.84 Å². The second kappa shape index (κ2) is 5.83. The topological polar surface area (TPSA) is 54.3 Å². The number of oxime groups is 1. The quantitative estimate of drug-likeness (QED) is 0.466. The maximum absolute atomic E-state index is 13.0. The van der Waals surface area contributed by atoms with E-state index in [0.717, 1.165) is 5.69 Å². The molecule has 0 bridgehead atoms. The number of halogens is 1. The number of rotatable bonds is 3. The number of anilines is 1. The second-order valence-electron chi connectivity index (χ2n) is 6.17. The van der Waals surface area contributed by atoms with E-state index in [-0.39, 0.29) is 11.3 Å². The minimum absolute atomic E-state index is 0.193. The van der Waals surface area contributed by atoms with Crippen LogP contribution in [0.3, 0.4) is 0 Å². The van der Waals surface area contributed by atoms with E-state index in [9.17, 15) is 4.79 Å². The van der Waals surface area contributed by atoms with E-state index < -0.39 is 4.32 Å². The highest BCUT2D eigenvalue weighted by Gasteiger charge is 2.55. The lowest BCUT2D eigenvalue weighted by Crippen LogP contribution is -2.50. The van der Waals surface area contributed by atoms with Crippen LogP contribution in [-0.2, 0) is 9.63 Å². The van der Waals surface area contributed by atoms with Crippen molar-refractivity contribution in [3.8, 4) is 0 Å². The highest BCUT2D eigenvalue weighted by Crippen LogP contribution is 2.40. The monoisotopic (exact) mass is 365 g/mol. The molecule has 1 atom stereocenters. The number of hydrazone groups is 1. The number of para-hydroxylation sites is 1. The molecule has 1 aliphatic rings. The lowest BCUT2D eigenvalue weighted by atomic mass is 9.80. The average molecular weight is 366 g/mol. The number of alkyl halides is 1. The molecule has 1 aliphatic heterocycles. The Bertz CT molecular complexity index is 635. The zero-order valence-corrected chi connectivity index (χ0v) is 15.0. The smallest absolute Gasteiger partial charge is 0.276 e. The molecule has 1 aromatic carbocycles. The number of hydrogen-bond donors (Lipinski definition) is 0. The molecule has 6 heteroatoms. The largest absolute Gasteiger partial charge is 0.399 e. The molecular weight excluding hydrogens is 346 g/mol. The normalized spacial score (nSPS) is 22.8. The fourth-order valence-electron chi connectivity index (χ4n) is 2.40. The first-order valence-electron chi connectivity index (χ1n) is 6.99. The Morgan fingerprint density at radius 2 is 1.91 bits per heavy atom. The SMILES string of the molecule is CO/N=C(\C)C1(Br)C(=O)N(c2ccccc2)N=C1C(C)(C)C. The van der Waals surface area contributed by atoms with Crippen LogP contribution in [0.2, 0.25) is 0 Å². The van der Waals surface area contributed by atoms with Crippen LogP contribution in [0.15, 0.2) is 40.6 Å². The van der Waals surface area contributed by atoms with Crippen LogP contribution in [-0.4, -0.2) is 28.8 Å². The van der Waals surface area contributed by atoms with Gasteiger partial charge in [0.15, 0.2) is 4.32 Å². The van der Waals surface area contributed by atoms with Crippen molar-refractivity contribution in [3.05, 3.63) is 30.3 Å². The maximum Gasteiger partial charge on any atom is 0.276 e. The summed E-state index contributed by atoms with van der Waals surface area (Å²) in [7, 11) is 1.46. The maximum atomic E-state index is 13.0. The molecular formula is C16H20BrN3O2. The highest BCUT2D eigenvalue weighted by molar-refractivity contribution is 9.11. The zero-order chi connectivity index (χ0) is 16.5. The molecule has 118 valence electrons. The first-order chi connectivity index (χ1) is 10.2. The van der Waals surface area contributed by atoms with Gasteiger partial charge in [0.05, 0.1) is 17.1 Å². The second-order valence-corrected chi connectivity index (χ2v) is 7.36. The standard InChI is InChI=1S/C16H20BrN3O2/c1-11(19-22-5)16(17)13(15(2,3)4)18-20(14(16)21)12-9-7-6-8-10-12/h6-10H,1-5H3/b19-11+. The summed E-state index contributed by atoms with van der Waals surface area (Å²) in [5, 5.41) is 9.97. The van der Waals surface area contributed by atoms with Gasteiger partial charge in [-0.15, -0.1) is 0 Å². The fraction of sp³-hybridized carbons (Fsp3) is 0.438. The fourth-order valence-corrected chi connectivity index (χ4v) is 3.31. The summed E-state index contributed by atoms with van der Waals surface area (Å²) in [5.74, 6) is -0.193. The predicted molar refractivity (Wildman–Crippen MR) is 92.6 cm³/mol. The van der Waals surface area contributed by atoms with Gasteiger partial charge in [0.2, 0.25) is 0 Å². The van der Waals surface area contributed by atoms with Crippen LogP contribution in [0, 0.1) is 5.41 Å². The average Bonchev–Trinajstić information content (AvgIpc) is 2.74. The van der Waals surface area contributed by atoms with E-state index in [0.29, 0.717) is 11.4 Å². The van der Waals surface area contributed by atoms with Crippen molar-refractivity contribution in [1.82, 2.24) is 0 Å². The van der Waals surface area contributed by atoms with Crippen molar-refractivity contribution < 1.29 is 9.63 Å². The van der Waals surface area contributed by atoms with E-state index in [1.807, 2.05) is 51.1 Å². The molecule has 0 fully saturated rings. The first kappa shape index (κ1) is 16.7. The van der Waals surface area contributed by atoms with Crippen LogP contribution in [0.1, 0.15) is 27.7 Å². The number of amides is 1. The molecule has 0 aliphatic carbocycles. The molecule has 5 nitrogen and oxygen atoms in total. The van der Waals surface area contributed by atoms with E-state index in [1.165, 1.54) is 12.1 Å². The molecule has 0 spiro atoms. The van der Waals surface area contributed by atoms with Crippen molar-refractivity contribution >= 4 is 38.9 Å². The highest BCUT2D eigenvalue weighted by atomic mass is 79.9. The Kier molecular flexibility index (Phi) is 4.42. The van der Waals surface area contributed by atoms with Crippen molar-refractivity contribution in [3.63, 3.8) is 0 Å². The van der Waals surface area contributed by atoms with Crippen LogP contribution < -0.4 is 5.01 Å². The molecule has 1 amide bonds. The van der Waals surface area contributed by atoms with Gasteiger partial charge in [-0.05, 0) is 19.1 Å². The predicted octanol–water partition coefficient (Wildman–Crippen LogP) is 3.59. The molecule has 0 saturated carbocycles. The zero-order valence-electron chi connectivity index (χ0n) is 13.4. The summed E-state index contributed by atoms with van der Waals surface area (Å²) < 4.78 is -1.09. The van der Waals surface area contributed by atoms with Crippen LogP contribution >= 0.6 is 15.9 Å². The minimum Gasteiger partial charge on any atom is -0.399 e. The van der Waals surface area contributed by atoms with Gasteiger partial charge in [0, 0.05) is 5.41 Å². The van der Waals surface area contributed by atoms with Crippen LogP contribution in [0.25, 0.3) is 0 Å².